The highest BCUT2D eigenvalue weighted by Crippen LogP contribution is 2.35. The zero-order valence-corrected chi connectivity index (χ0v) is 16.8. The number of hydrogen-bond acceptors (Lipinski definition) is 7. The largest absolute Gasteiger partial charge is 0.555 e. The fourth-order valence-electron chi connectivity index (χ4n) is 3.77. The van der Waals surface area contributed by atoms with E-state index >= 15 is 0 Å². The van der Waals surface area contributed by atoms with Gasteiger partial charge in [-0.1, -0.05) is 6.08 Å². The number of nitrogens with one attached hydrogen (secondary N) is 1. The average Bonchev–Trinajstić information content (AvgIpc) is 3.13. The molecule has 2 aliphatic rings. The van der Waals surface area contributed by atoms with Crippen LogP contribution in [0.15, 0.2) is 23.8 Å². The Morgan fingerprint density at radius 3 is 3.00 bits per heavy atom. The zero-order chi connectivity index (χ0) is 21.4. The minimum Gasteiger partial charge on any atom is -0.532 e. The molecule has 1 aromatic carbocycles. The number of hydrogen-bond donors (Lipinski definition) is 3. The van der Waals surface area contributed by atoms with Crippen molar-refractivity contribution in [1.29, 1.82) is 5.26 Å². The molecule has 1 aromatic heterocycles. The maximum absolute atomic E-state index is 12.0. The normalized spacial score (nSPS) is 20.6. The number of nitriles is 1. The third kappa shape index (κ3) is 3.65. The zero-order valence-electron chi connectivity index (χ0n) is 16.8. The van der Waals surface area contributed by atoms with E-state index in [1.807, 2.05) is 25.1 Å². The van der Waals surface area contributed by atoms with Crippen LogP contribution >= 0.6 is 0 Å². The quantitative estimate of drug-likeness (QED) is 0.659. The molecule has 0 radical (unpaired) electrons. The molecule has 2 atom stereocenters. The summed E-state index contributed by atoms with van der Waals surface area (Å²) in [6.07, 6.45) is 4.02. The summed E-state index contributed by atoms with van der Waals surface area (Å²) in [7, 11) is -0.960. The van der Waals surface area contributed by atoms with Crippen LogP contribution in [0.5, 0.6) is 5.75 Å². The number of aryl methyl sites for hydroxylation is 1. The van der Waals surface area contributed by atoms with E-state index in [1.165, 1.54) is 0 Å². The van der Waals surface area contributed by atoms with Crippen molar-refractivity contribution in [3.63, 3.8) is 0 Å². The van der Waals surface area contributed by atoms with E-state index in [9.17, 15) is 15.1 Å². The molecule has 3 heterocycles. The molecular formula is C20H22BN5O4. The Labute approximate surface area is 174 Å². The lowest BCUT2D eigenvalue weighted by Gasteiger charge is -2.27. The summed E-state index contributed by atoms with van der Waals surface area (Å²) in [6.45, 7) is 4.53. The van der Waals surface area contributed by atoms with Crippen molar-refractivity contribution in [3.05, 3.63) is 40.5 Å². The Balaban J connectivity index is 1.68. The topological polar surface area (TPSA) is 135 Å². The Morgan fingerprint density at radius 1 is 1.47 bits per heavy atom. The molecule has 9 nitrogen and oxygen atoms in total. The Bertz CT molecular complexity index is 1070. The molecule has 0 spiro atoms. The number of nitrogens with zero attached hydrogens (tertiary/aromatic N) is 3. The predicted octanol–water partition coefficient (Wildman–Crippen LogP) is 1.95. The molecule has 10 heteroatoms. The highest BCUT2D eigenvalue weighted by molar-refractivity contribution is 6.54. The third-order valence-electron chi connectivity index (χ3n) is 5.40. The molecule has 4 N–H and O–H groups in total. The number of allylic oxidation sites excluding steroid dienone is 1. The second-order valence-corrected chi connectivity index (χ2v) is 7.60. The van der Waals surface area contributed by atoms with Crippen molar-refractivity contribution in [2.45, 2.75) is 26.3 Å². The Kier molecular flexibility index (Phi) is 5.24. The number of anilines is 2. The molecule has 0 bridgehead atoms. The lowest BCUT2D eigenvalue weighted by molar-refractivity contribution is 0.0342. The first-order valence-corrected chi connectivity index (χ1v) is 9.68. The van der Waals surface area contributed by atoms with Gasteiger partial charge in [-0.15, -0.1) is 0 Å². The van der Waals surface area contributed by atoms with E-state index in [0.29, 0.717) is 42.4 Å². The van der Waals surface area contributed by atoms with Crippen molar-refractivity contribution < 1.29 is 19.2 Å². The summed E-state index contributed by atoms with van der Waals surface area (Å²) < 4.78 is 12.7. The molecule has 0 aliphatic carbocycles. The molecule has 4 rings (SSSR count). The summed E-state index contributed by atoms with van der Waals surface area (Å²) in [5.74, 6) is 0.0397. The van der Waals surface area contributed by atoms with E-state index in [-0.39, 0.29) is 17.5 Å². The number of fused-ring (bicyclic) bond motifs is 1. The fraction of sp³-hybridized carbons (Fsp3) is 0.350. The van der Waals surface area contributed by atoms with Gasteiger partial charge in [-0.2, -0.15) is 10.4 Å². The maximum atomic E-state index is 12.0. The summed E-state index contributed by atoms with van der Waals surface area (Å²) in [5, 5.41) is 27.0. The number of rotatable bonds is 4. The molecule has 154 valence electrons. The van der Waals surface area contributed by atoms with Gasteiger partial charge in [0.25, 0.3) is 5.91 Å². The van der Waals surface area contributed by atoms with E-state index in [0.717, 1.165) is 11.1 Å². The van der Waals surface area contributed by atoms with E-state index < -0.39 is 13.0 Å². The predicted molar refractivity (Wildman–Crippen MR) is 111 cm³/mol. The first-order chi connectivity index (χ1) is 14.4. The van der Waals surface area contributed by atoms with Crippen LogP contribution in [0.2, 0.25) is 0 Å². The second kappa shape index (κ2) is 7.86. The molecule has 0 saturated carbocycles. The number of benzene rings is 1. The number of aromatic nitrogens is 2. The van der Waals surface area contributed by atoms with Gasteiger partial charge in [-0.25, -0.2) is 0 Å². The summed E-state index contributed by atoms with van der Waals surface area (Å²) >= 11 is 0. The van der Waals surface area contributed by atoms with Crippen LogP contribution in [0.25, 0.3) is 6.08 Å². The maximum Gasteiger partial charge on any atom is 0.555 e. The number of nitrogens with two attached hydrogens (primary N) is 1. The lowest BCUT2D eigenvalue weighted by atomic mass is 9.76. The molecule has 30 heavy (non-hydrogen) atoms. The van der Waals surface area contributed by atoms with Gasteiger partial charge < -0.3 is 25.5 Å². The van der Waals surface area contributed by atoms with Crippen LogP contribution in [-0.4, -0.2) is 41.0 Å². The van der Waals surface area contributed by atoms with Crippen molar-refractivity contribution >= 4 is 30.6 Å². The van der Waals surface area contributed by atoms with Gasteiger partial charge in [0.2, 0.25) is 0 Å². The summed E-state index contributed by atoms with van der Waals surface area (Å²) in [5.41, 5.74) is 8.82. The molecule has 2 aromatic rings. The number of amides is 1. The summed E-state index contributed by atoms with van der Waals surface area (Å²) in [6, 6.07) is 5.69. The molecule has 2 aliphatic heterocycles. The summed E-state index contributed by atoms with van der Waals surface area (Å²) in [4.78, 5) is 12.0. The van der Waals surface area contributed by atoms with Crippen LogP contribution in [0.1, 0.15) is 40.9 Å². The van der Waals surface area contributed by atoms with Gasteiger partial charge in [-0.05, 0) is 43.4 Å². The molecule has 1 fully saturated rings. The van der Waals surface area contributed by atoms with Gasteiger partial charge in [-0.3, -0.25) is 9.48 Å². The highest BCUT2D eigenvalue weighted by Gasteiger charge is 2.30. The minimum atomic E-state index is -0.960. The number of ether oxygens (including phenoxy) is 1. The highest BCUT2D eigenvalue weighted by atomic mass is 16.5. The van der Waals surface area contributed by atoms with Gasteiger partial charge in [0.15, 0.2) is 5.82 Å². The first-order valence-electron chi connectivity index (χ1n) is 9.68. The first kappa shape index (κ1) is 20.0. The standard InChI is InChI=1S/C20H22BN5O4/c1-11-5-15(7-14-6-12(2)21(28)30-18(11)14)24-20-16(19(23)27)9-26(25-20)17-10-29-4-3-13(17)8-22/h5-7,9,13,17,28H,3-4,10H2,1-2H3,(H2,23,27)(H,24,25)/t13-,17?/m1/s1. The smallest absolute Gasteiger partial charge is 0.532 e. The van der Waals surface area contributed by atoms with Crippen molar-refractivity contribution in [2.75, 3.05) is 18.5 Å². The third-order valence-corrected chi connectivity index (χ3v) is 5.40. The minimum absolute atomic E-state index is 0.228. The van der Waals surface area contributed by atoms with Crippen molar-refractivity contribution in [2.24, 2.45) is 11.7 Å². The Hall–Kier alpha value is -3.29. The van der Waals surface area contributed by atoms with Crippen LogP contribution in [0.3, 0.4) is 0 Å². The average molecular weight is 407 g/mol. The fourth-order valence-corrected chi connectivity index (χ4v) is 3.77. The second-order valence-electron chi connectivity index (χ2n) is 7.60. The molecular weight excluding hydrogens is 385 g/mol. The van der Waals surface area contributed by atoms with Crippen LogP contribution < -0.4 is 15.7 Å². The SMILES string of the molecule is CC1=Cc2cc(Nc3nn(C4COCC[C@@H]4C#N)cc3C(N)=O)cc(C)c2OB1O. The van der Waals surface area contributed by atoms with Crippen LogP contribution in [0, 0.1) is 24.2 Å². The molecule has 1 saturated heterocycles. The number of carbonyl (C=O) groups is 1. The van der Waals surface area contributed by atoms with Gasteiger partial charge in [0, 0.05) is 24.1 Å². The van der Waals surface area contributed by atoms with Gasteiger partial charge in [0.05, 0.1) is 24.6 Å². The Morgan fingerprint density at radius 2 is 2.27 bits per heavy atom. The van der Waals surface area contributed by atoms with Gasteiger partial charge >= 0.3 is 7.12 Å². The number of primary amides is 1. The molecule has 1 unspecified atom stereocenters. The van der Waals surface area contributed by atoms with Gasteiger partial charge in [0.1, 0.15) is 11.3 Å². The molecule has 1 amide bonds. The van der Waals surface area contributed by atoms with Crippen LogP contribution in [-0.2, 0) is 4.74 Å². The van der Waals surface area contributed by atoms with E-state index in [2.05, 4.69) is 16.5 Å². The lowest BCUT2D eigenvalue weighted by Crippen LogP contribution is -2.29. The monoisotopic (exact) mass is 407 g/mol. The van der Waals surface area contributed by atoms with Crippen LogP contribution in [0.4, 0.5) is 11.5 Å². The van der Waals surface area contributed by atoms with E-state index in [1.54, 1.807) is 17.8 Å². The number of carbonyl (C=O) groups excluding carboxylic acids is 1. The van der Waals surface area contributed by atoms with Crippen molar-refractivity contribution in [1.82, 2.24) is 9.78 Å². The van der Waals surface area contributed by atoms with E-state index in [4.69, 9.17) is 15.1 Å². The van der Waals surface area contributed by atoms with Crippen molar-refractivity contribution in [3.8, 4) is 11.8 Å².